The molecule has 0 aliphatic carbocycles. The standard InChI is InChI=1S/C11H15BrN4OS/c1-7-10(12)8(2)16(15-7)5-3-9(17)14-11-13-4-6-18-11/h3-6H2,1-2H3,(H,13,14,17). The van der Waals surface area contributed by atoms with E-state index in [1.54, 1.807) is 11.8 Å². The van der Waals surface area contributed by atoms with Crippen molar-refractivity contribution in [1.29, 1.82) is 0 Å². The Balaban J connectivity index is 1.87. The first-order valence-corrected chi connectivity index (χ1v) is 7.52. The van der Waals surface area contributed by atoms with Crippen LogP contribution in [-0.2, 0) is 11.3 Å². The number of amidine groups is 1. The van der Waals surface area contributed by atoms with Crippen LogP contribution in [0.3, 0.4) is 0 Å². The van der Waals surface area contributed by atoms with Gasteiger partial charge in [-0.05, 0) is 29.8 Å². The molecular weight excluding hydrogens is 316 g/mol. The highest BCUT2D eigenvalue weighted by Gasteiger charge is 2.13. The second-order valence-corrected chi connectivity index (χ2v) is 5.92. The lowest BCUT2D eigenvalue weighted by molar-refractivity contribution is -0.119. The molecule has 0 spiro atoms. The van der Waals surface area contributed by atoms with E-state index in [1.165, 1.54) is 0 Å². The largest absolute Gasteiger partial charge is 0.305 e. The molecule has 0 aromatic carbocycles. The quantitative estimate of drug-likeness (QED) is 0.920. The van der Waals surface area contributed by atoms with Crippen LogP contribution in [0.15, 0.2) is 9.47 Å². The number of amides is 1. The Morgan fingerprint density at radius 3 is 2.89 bits per heavy atom. The molecule has 0 radical (unpaired) electrons. The monoisotopic (exact) mass is 330 g/mol. The van der Waals surface area contributed by atoms with Gasteiger partial charge in [0.2, 0.25) is 5.91 Å². The van der Waals surface area contributed by atoms with Gasteiger partial charge in [0.05, 0.1) is 23.3 Å². The van der Waals surface area contributed by atoms with Crippen molar-refractivity contribution in [2.45, 2.75) is 26.8 Å². The minimum Gasteiger partial charge on any atom is -0.305 e. The van der Waals surface area contributed by atoms with Crippen molar-refractivity contribution in [1.82, 2.24) is 15.1 Å². The molecule has 2 heterocycles. The molecule has 0 atom stereocenters. The summed E-state index contributed by atoms with van der Waals surface area (Å²) in [5, 5.41) is 7.92. The van der Waals surface area contributed by atoms with E-state index >= 15 is 0 Å². The molecule has 1 N–H and O–H groups in total. The third-order valence-electron chi connectivity index (χ3n) is 2.68. The number of nitrogens with zero attached hydrogens (tertiary/aromatic N) is 3. The number of hydrogen-bond donors (Lipinski definition) is 1. The molecule has 1 aliphatic heterocycles. The second-order valence-electron chi connectivity index (χ2n) is 4.04. The Kier molecular flexibility index (Phi) is 4.45. The lowest BCUT2D eigenvalue weighted by atomic mass is 10.3. The van der Waals surface area contributed by atoms with Crippen molar-refractivity contribution in [3.63, 3.8) is 0 Å². The van der Waals surface area contributed by atoms with Crippen molar-refractivity contribution in [3.05, 3.63) is 15.9 Å². The average molecular weight is 331 g/mol. The highest BCUT2D eigenvalue weighted by atomic mass is 79.9. The molecule has 1 amide bonds. The van der Waals surface area contributed by atoms with E-state index in [1.807, 2.05) is 18.5 Å². The number of carbonyl (C=O) groups excluding carboxylic acids is 1. The van der Waals surface area contributed by atoms with Crippen molar-refractivity contribution in [2.75, 3.05) is 12.3 Å². The molecule has 1 aromatic heterocycles. The van der Waals surface area contributed by atoms with Gasteiger partial charge in [-0.1, -0.05) is 11.8 Å². The van der Waals surface area contributed by atoms with Gasteiger partial charge in [-0.2, -0.15) is 5.10 Å². The first-order chi connectivity index (χ1) is 8.58. The number of aromatic nitrogens is 2. The van der Waals surface area contributed by atoms with Crippen molar-refractivity contribution in [3.8, 4) is 0 Å². The number of aliphatic imine (C=N–C) groups is 1. The van der Waals surface area contributed by atoms with Crippen LogP contribution in [0.25, 0.3) is 0 Å². The molecule has 5 nitrogen and oxygen atoms in total. The summed E-state index contributed by atoms with van der Waals surface area (Å²) in [4.78, 5) is 15.9. The fourth-order valence-electron chi connectivity index (χ4n) is 1.69. The number of hydrogen-bond acceptors (Lipinski definition) is 4. The topological polar surface area (TPSA) is 59.3 Å². The Morgan fingerprint density at radius 1 is 1.56 bits per heavy atom. The molecule has 2 rings (SSSR count). The average Bonchev–Trinajstić information content (AvgIpc) is 2.92. The van der Waals surface area contributed by atoms with Gasteiger partial charge >= 0.3 is 0 Å². The van der Waals surface area contributed by atoms with Crippen LogP contribution in [-0.4, -0.2) is 33.2 Å². The van der Waals surface area contributed by atoms with Crippen LogP contribution < -0.4 is 5.32 Å². The zero-order valence-corrected chi connectivity index (χ0v) is 12.8. The van der Waals surface area contributed by atoms with Gasteiger partial charge in [0.15, 0.2) is 5.17 Å². The minimum atomic E-state index is -0.00757. The summed E-state index contributed by atoms with van der Waals surface area (Å²) in [6.45, 7) is 5.31. The Bertz CT molecular complexity index is 497. The third-order valence-corrected chi connectivity index (χ3v) is 4.71. The highest BCUT2D eigenvalue weighted by Crippen LogP contribution is 2.19. The van der Waals surface area contributed by atoms with Crippen molar-refractivity contribution >= 4 is 38.8 Å². The second kappa shape index (κ2) is 5.88. The normalized spacial score (nSPS) is 14.7. The molecule has 0 unspecified atom stereocenters. The summed E-state index contributed by atoms with van der Waals surface area (Å²) in [6, 6.07) is 0. The smallest absolute Gasteiger partial charge is 0.227 e. The molecule has 0 saturated heterocycles. The van der Waals surface area contributed by atoms with Gasteiger partial charge < -0.3 is 5.32 Å². The first-order valence-electron chi connectivity index (χ1n) is 5.74. The fourth-order valence-corrected chi connectivity index (χ4v) is 2.72. The van der Waals surface area contributed by atoms with Gasteiger partial charge in [0.1, 0.15) is 0 Å². The van der Waals surface area contributed by atoms with E-state index in [0.29, 0.717) is 13.0 Å². The minimum absolute atomic E-state index is 0.00757. The van der Waals surface area contributed by atoms with Crippen LogP contribution in [0, 0.1) is 13.8 Å². The number of nitrogens with one attached hydrogen (secondary N) is 1. The number of halogens is 1. The van der Waals surface area contributed by atoms with E-state index < -0.39 is 0 Å². The molecule has 98 valence electrons. The maximum atomic E-state index is 11.7. The Labute approximate surface area is 119 Å². The summed E-state index contributed by atoms with van der Waals surface area (Å²) in [7, 11) is 0. The van der Waals surface area contributed by atoms with Gasteiger partial charge in [-0.3, -0.25) is 14.5 Å². The number of rotatable bonds is 3. The first kappa shape index (κ1) is 13.6. The zero-order chi connectivity index (χ0) is 13.1. The van der Waals surface area contributed by atoms with Crippen LogP contribution in [0.5, 0.6) is 0 Å². The van der Waals surface area contributed by atoms with Gasteiger partial charge in [-0.15, -0.1) is 0 Å². The zero-order valence-electron chi connectivity index (χ0n) is 10.4. The summed E-state index contributed by atoms with van der Waals surface area (Å²) in [5.41, 5.74) is 2.00. The predicted molar refractivity (Wildman–Crippen MR) is 76.9 cm³/mol. The summed E-state index contributed by atoms with van der Waals surface area (Å²) < 4.78 is 2.86. The molecule has 7 heteroatoms. The van der Waals surface area contributed by atoms with E-state index in [4.69, 9.17) is 0 Å². The molecule has 0 saturated carbocycles. The van der Waals surface area contributed by atoms with Crippen molar-refractivity contribution in [2.24, 2.45) is 4.99 Å². The van der Waals surface area contributed by atoms with E-state index in [0.717, 1.165) is 33.3 Å². The van der Waals surface area contributed by atoms with E-state index in [2.05, 4.69) is 31.3 Å². The van der Waals surface area contributed by atoms with Crippen LogP contribution in [0.4, 0.5) is 0 Å². The Hall–Kier alpha value is -0.820. The number of carbonyl (C=O) groups is 1. The van der Waals surface area contributed by atoms with E-state index in [9.17, 15) is 4.79 Å². The SMILES string of the molecule is Cc1nn(CCC(=O)NC2=NCCS2)c(C)c1Br. The van der Waals surface area contributed by atoms with Gasteiger partial charge in [0, 0.05) is 17.9 Å². The van der Waals surface area contributed by atoms with Crippen LogP contribution in [0.1, 0.15) is 17.8 Å². The molecule has 1 aromatic rings. The third kappa shape index (κ3) is 3.14. The van der Waals surface area contributed by atoms with Crippen molar-refractivity contribution < 1.29 is 4.79 Å². The summed E-state index contributed by atoms with van der Waals surface area (Å²) in [5.74, 6) is 0.951. The summed E-state index contributed by atoms with van der Waals surface area (Å²) in [6.07, 6.45) is 0.411. The lowest BCUT2D eigenvalue weighted by Gasteiger charge is -2.05. The van der Waals surface area contributed by atoms with Crippen LogP contribution in [0.2, 0.25) is 0 Å². The molecule has 1 aliphatic rings. The van der Waals surface area contributed by atoms with E-state index in [-0.39, 0.29) is 5.91 Å². The maximum Gasteiger partial charge on any atom is 0.227 e. The van der Waals surface area contributed by atoms with Crippen LogP contribution >= 0.6 is 27.7 Å². The molecule has 0 fully saturated rings. The highest BCUT2D eigenvalue weighted by molar-refractivity contribution is 9.10. The molecular formula is C11H15BrN4OS. The molecule has 18 heavy (non-hydrogen) atoms. The predicted octanol–water partition coefficient (Wildman–Crippen LogP) is 1.87. The number of thioether (sulfide) groups is 1. The fraction of sp³-hybridized carbons (Fsp3) is 0.545. The number of aryl methyl sites for hydroxylation is 2. The maximum absolute atomic E-state index is 11.7. The summed E-state index contributed by atoms with van der Waals surface area (Å²) >= 11 is 5.06. The van der Waals surface area contributed by atoms with Gasteiger partial charge in [-0.25, -0.2) is 0 Å². The lowest BCUT2D eigenvalue weighted by Crippen LogP contribution is -2.28. The molecule has 0 bridgehead atoms. The van der Waals surface area contributed by atoms with Gasteiger partial charge in [0.25, 0.3) is 0 Å². The Morgan fingerprint density at radius 2 is 2.33 bits per heavy atom.